The molecule has 0 bridgehead atoms. The van der Waals surface area contributed by atoms with Crippen LogP contribution in [-0.2, 0) is 0 Å². The summed E-state index contributed by atoms with van der Waals surface area (Å²) in [5, 5.41) is 9.02. The molecule has 0 aliphatic heterocycles. The SMILES string of the molecule is Cc1nc(C2CCCC2)nc(C)c1C(=O)O. The Labute approximate surface area is 94.7 Å². The highest BCUT2D eigenvalue weighted by molar-refractivity contribution is 5.89. The molecule has 86 valence electrons. The van der Waals surface area contributed by atoms with E-state index in [-0.39, 0.29) is 5.56 Å². The zero-order valence-electron chi connectivity index (χ0n) is 9.66. The van der Waals surface area contributed by atoms with Crippen LogP contribution in [0.4, 0.5) is 0 Å². The molecule has 1 saturated carbocycles. The lowest BCUT2D eigenvalue weighted by Crippen LogP contribution is -2.11. The maximum Gasteiger partial charge on any atom is 0.339 e. The van der Waals surface area contributed by atoms with E-state index < -0.39 is 5.97 Å². The Morgan fingerprint density at radius 2 is 1.69 bits per heavy atom. The first-order valence-corrected chi connectivity index (χ1v) is 5.68. The molecule has 0 radical (unpaired) electrons. The van der Waals surface area contributed by atoms with Gasteiger partial charge in [0, 0.05) is 5.92 Å². The Kier molecular flexibility index (Phi) is 2.90. The van der Waals surface area contributed by atoms with Gasteiger partial charge in [-0.05, 0) is 26.7 Å². The third-order valence-corrected chi connectivity index (χ3v) is 3.22. The van der Waals surface area contributed by atoms with E-state index in [1.54, 1.807) is 13.8 Å². The first-order valence-electron chi connectivity index (χ1n) is 5.68. The van der Waals surface area contributed by atoms with E-state index in [0.29, 0.717) is 17.3 Å². The average Bonchev–Trinajstić information content (AvgIpc) is 2.67. The van der Waals surface area contributed by atoms with Crippen LogP contribution in [0.2, 0.25) is 0 Å². The highest BCUT2D eigenvalue weighted by Gasteiger charge is 2.22. The summed E-state index contributed by atoms with van der Waals surface area (Å²) in [5.41, 5.74) is 1.42. The minimum atomic E-state index is -0.937. The molecule has 4 nitrogen and oxygen atoms in total. The molecule has 1 heterocycles. The molecule has 1 aromatic rings. The number of aryl methyl sites for hydroxylation is 2. The monoisotopic (exact) mass is 220 g/mol. The van der Waals surface area contributed by atoms with Gasteiger partial charge < -0.3 is 5.11 Å². The van der Waals surface area contributed by atoms with Crippen molar-refractivity contribution < 1.29 is 9.90 Å². The van der Waals surface area contributed by atoms with Gasteiger partial charge >= 0.3 is 5.97 Å². The van der Waals surface area contributed by atoms with Crippen LogP contribution in [0.3, 0.4) is 0 Å². The number of hydrogen-bond donors (Lipinski definition) is 1. The first kappa shape index (κ1) is 11.0. The van der Waals surface area contributed by atoms with Gasteiger partial charge in [-0.1, -0.05) is 12.8 Å². The Hall–Kier alpha value is -1.45. The molecule has 16 heavy (non-hydrogen) atoms. The molecule has 0 unspecified atom stereocenters. The summed E-state index contributed by atoms with van der Waals surface area (Å²) in [7, 11) is 0. The largest absolute Gasteiger partial charge is 0.478 e. The Balaban J connectivity index is 2.40. The fourth-order valence-corrected chi connectivity index (χ4v) is 2.42. The van der Waals surface area contributed by atoms with Crippen LogP contribution >= 0.6 is 0 Å². The molecule has 0 aromatic carbocycles. The minimum absolute atomic E-state index is 0.252. The summed E-state index contributed by atoms with van der Waals surface area (Å²) >= 11 is 0. The quantitative estimate of drug-likeness (QED) is 0.831. The van der Waals surface area contributed by atoms with Gasteiger partial charge in [0.25, 0.3) is 0 Å². The van der Waals surface area contributed by atoms with E-state index in [2.05, 4.69) is 9.97 Å². The van der Waals surface area contributed by atoms with Crippen LogP contribution in [0.1, 0.15) is 59.2 Å². The molecule has 1 aliphatic rings. The molecule has 1 N–H and O–H groups in total. The fourth-order valence-electron chi connectivity index (χ4n) is 2.42. The van der Waals surface area contributed by atoms with Gasteiger partial charge in [-0.2, -0.15) is 0 Å². The van der Waals surface area contributed by atoms with Gasteiger partial charge in [-0.25, -0.2) is 14.8 Å². The van der Waals surface area contributed by atoms with Crippen LogP contribution < -0.4 is 0 Å². The van der Waals surface area contributed by atoms with Crippen molar-refractivity contribution in [1.82, 2.24) is 9.97 Å². The van der Waals surface area contributed by atoms with Crippen molar-refractivity contribution in [3.8, 4) is 0 Å². The molecule has 1 aromatic heterocycles. The summed E-state index contributed by atoms with van der Waals surface area (Å²) in [5.74, 6) is 0.325. The molecule has 1 fully saturated rings. The molecular formula is C12H16N2O2. The number of carbonyl (C=O) groups is 1. The highest BCUT2D eigenvalue weighted by Crippen LogP contribution is 2.32. The van der Waals surface area contributed by atoms with E-state index >= 15 is 0 Å². The lowest BCUT2D eigenvalue weighted by molar-refractivity contribution is 0.0694. The zero-order chi connectivity index (χ0) is 11.7. The van der Waals surface area contributed by atoms with E-state index in [9.17, 15) is 4.79 Å². The minimum Gasteiger partial charge on any atom is -0.478 e. The van der Waals surface area contributed by atoms with Crippen LogP contribution in [0.15, 0.2) is 0 Å². The van der Waals surface area contributed by atoms with Crippen molar-refractivity contribution in [3.63, 3.8) is 0 Å². The van der Waals surface area contributed by atoms with Gasteiger partial charge in [-0.3, -0.25) is 0 Å². The third-order valence-electron chi connectivity index (χ3n) is 3.22. The number of rotatable bonds is 2. The molecule has 1 aliphatic carbocycles. The van der Waals surface area contributed by atoms with Crippen molar-refractivity contribution in [2.75, 3.05) is 0 Å². The summed E-state index contributed by atoms with van der Waals surface area (Å²) in [4.78, 5) is 19.7. The first-order chi connectivity index (χ1) is 7.59. The summed E-state index contributed by atoms with van der Waals surface area (Å²) < 4.78 is 0. The predicted octanol–water partition coefficient (Wildman–Crippen LogP) is 2.45. The van der Waals surface area contributed by atoms with Gasteiger partial charge in [-0.15, -0.1) is 0 Å². The predicted molar refractivity (Wildman–Crippen MR) is 59.7 cm³/mol. The molecule has 0 spiro atoms. The smallest absolute Gasteiger partial charge is 0.339 e. The van der Waals surface area contributed by atoms with Crippen molar-refractivity contribution >= 4 is 5.97 Å². The number of nitrogens with zero attached hydrogens (tertiary/aromatic N) is 2. The maximum absolute atomic E-state index is 11.0. The van der Waals surface area contributed by atoms with E-state index in [1.165, 1.54) is 12.8 Å². The summed E-state index contributed by atoms with van der Waals surface area (Å²) in [6.07, 6.45) is 4.72. The second-order valence-corrected chi connectivity index (χ2v) is 4.41. The standard InChI is InChI=1S/C12H16N2O2/c1-7-10(12(15)16)8(2)14-11(13-7)9-5-3-4-6-9/h9H,3-6H2,1-2H3,(H,15,16). The number of carboxylic acids is 1. The second kappa shape index (κ2) is 4.20. The van der Waals surface area contributed by atoms with Crippen molar-refractivity contribution in [1.29, 1.82) is 0 Å². The van der Waals surface area contributed by atoms with Gasteiger partial charge in [0.1, 0.15) is 11.4 Å². The normalized spacial score (nSPS) is 16.6. The van der Waals surface area contributed by atoms with Crippen LogP contribution in [-0.4, -0.2) is 21.0 Å². The van der Waals surface area contributed by atoms with Gasteiger partial charge in [0.05, 0.1) is 11.4 Å². The summed E-state index contributed by atoms with van der Waals surface area (Å²) in [6.45, 7) is 3.49. The lowest BCUT2D eigenvalue weighted by atomic mass is 10.1. The topological polar surface area (TPSA) is 63.1 Å². The van der Waals surface area contributed by atoms with Crippen LogP contribution in [0.25, 0.3) is 0 Å². The molecule has 0 saturated heterocycles. The van der Waals surface area contributed by atoms with E-state index in [0.717, 1.165) is 18.7 Å². The maximum atomic E-state index is 11.0. The third kappa shape index (κ3) is 1.92. The number of hydrogen-bond acceptors (Lipinski definition) is 3. The van der Waals surface area contributed by atoms with Gasteiger partial charge in [0.15, 0.2) is 0 Å². The molecule has 0 amide bonds. The molecule has 0 atom stereocenters. The van der Waals surface area contributed by atoms with E-state index in [4.69, 9.17) is 5.11 Å². The highest BCUT2D eigenvalue weighted by atomic mass is 16.4. The molecule has 4 heteroatoms. The summed E-state index contributed by atoms with van der Waals surface area (Å²) in [6, 6.07) is 0. The van der Waals surface area contributed by atoms with Crippen molar-refractivity contribution in [2.24, 2.45) is 0 Å². The zero-order valence-corrected chi connectivity index (χ0v) is 9.66. The van der Waals surface area contributed by atoms with E-state index in [1.807, 2.05) is 0 Å². The fraction of sp³-hybridized carbons (Fsp3) is 0.583. The Morgan fingerprint density at radius 3 is 2.12 bits per heavy atom. The number of aromatic nitrogens is 2. The van der Waals surface area contributed by atoms with Crippen molar-refractivity contribution in [2.45, 2.75) is 45.4 Å². The number of aromatic carboxylic acids is 1. The van der Waals surface area contributed by atoms with Crippen molar-refractivity contribution in [3.05, 3.63) is 22.8 Å². The molecule has 2 rings (SSSR count). The molecular weight excluding hydrogens is 204 g/mol. The lowest BCUT2D eigenvalue weighted by Gasteiger charge is -2.11. The Morgan fingerprint density at radius 1 is 1.19 bits per heavy atom. The second-order valence-electron chi connectivity index (χ2n) is 4.41. The number of carboxylic acid groups (broad SMARTS) is 1. The van der Waals surface area contributed by atoms with Gasteiger partial charge in [0.2, 0.25) is 0 Å². The van der Waals surface area contributed by atoms with Crippen LogP contribution in [0.5, 0.6) is 0 Å². The van der Waals surface area contributed by atoms with Crippen LogP contribution in [0, 0.1) is 13.8 Å². The average molecular weight is 220 g/mol. The Bertz CT molecular complexity index is 400.